The molecule has 2 rings (SSSR count). The number of carbonyl (C=O) groups excluding carboxylic acids is 1. The van der Waals surface area contributed by atoms with Crippen LogP contribution in [0.15, 0.2) is 24.3 Å². The van der Waals surface area contributed by atoms with Crippen molar-refractivity contribution < 1.29 is 4.79 Å². The first-order chi connectivity index (χ1) is 11.4. The first kappa shape index (κ1) is 18.5. The van der Waals surface area contributed by atoms with Crippen LogP contribution >= 0.6 is 23.2 Å². The minimum absolute atomic E-state index is 0.289. The maximum atomic E-state index is 12.5. The molecule has 7 heteroatoms. The summed E-state index contributed by atoms with van der Waals surface area (Å²) in [7, 11) is 1.92. The van der Waals surface area contributed by atoms with E-state index in [2.05, 4.69) is 22.2 Å². The number of nitrogens with zero attached hydrogens (tertiary/aromatic N) is 3. The second kappa shape index (κ2) is 8.31. The Bertz CT molecular complexity index is 737. The Kier molecular flexibility index (Phi) is 6.40. The zero-order chi connectivity index (χ0) is 17.7. The third-order valence-corrected chi connectivity index (χ3v) is 4.28. The highest BCUT2D eigenvalue weighted by molar-refractivity contribution is 6.44. The van der Waals surface area contributed by atoms with E-state index >= 15 is 0 Å². The highest BCUT2D eigenvalue weighted by Gasteiger charge is 2.15. The van der Waals surface area contributed by atoms with Gasteiger partial charge in [0.15, 0.2) is 0 Å². The molecule has 1 heterocycles. The molecule has 24 heavy (non-hydrogen) atoms. The molecule has 5 nitrogen and oxygen atoms in total. The van der Waals surface area contributed by atoms with Gasteiger partial charge in [0.1, 0.15) is 5.69 Å². The summed E-state index contributed by atoms with van der Waals surface area (Å²) >= 11 is 12.1. The molecule has 1 aromatic carbocycles. The van der Waals surface area contributed by atoms with Gasteiger partial charge in [0.2, 0.25) is 5.95 Å². The fourth-order valence-corrected chi connectivity index (χ4v) is 2.47. The van der Waals surface area contributed by atoms with Gasteiger partial charge in [-0.2, -0.15) is 0 Å². The number of aryl methyl sites for hydroxylation is 1. The van der Waals surface area contributed by atoms with Gasteiger partial charge in [0.25, 0.3) is 5.91 Å². The van der Waals surface area contributed by atoms with Crippen LogP contribution in [0.1, 0.15) is 35.9 Å². The number of hydrogen-bond acceptors (Lipinski definition) is 4. The van der Waals surface area contributed by atoms with Crippen LogP contribution in [0.3, 0.4) is 0 Å². The minimum Gasteiger partial charge on any atom is -0.344 e. The SMILES string of the molecule is CCCCN(C)c1nc(C)cc(C(=O)Nc2cccc(Cl)c2Cl)n1. The van der Waals surface area contributed by atoms with E-state index in [4.69, 9.17) is 23.2 Å². The number of anilines is 2. The van der Waals surface area contributed by atoms with Crippen molar-refractivity contribution in [1.82, 2.24) is 9.97 Å². The summed E-state index contributed by atoms with van der Waals surface area (Å²) < 4.78 is 0. The van der Waals surface area contributed by atoms with Gasteiger partial charge in [-0.1, -0.05) is 42.6 Å². The predicted molar refractivity (Wildman–Crippen MR) is 99.4 cm³/mol. The Hall–Kier alpha value is -1.85. The molecular formula is C17H20Cl2N4O. The fourth-order valence-electron chi connectivity index (χ4n) is 2.12. The lowest BCUT2D eigenvalue weighted by molar-refractivity contribution is 0.102. The Morgan fingerprint density at radius 1 is 1.29 bits per heavy atom. The van der Waals surface area contributed by atoms with Crippen LogP contribution in [0, 0.1) is 6.92 Å². The maximum Gasteiger partial charge on any atom is 0.274 e. The summed E-state index contributed by atoms with van der Waals surface area (Å²) in [5.41, 5.74) is 1.47. The number of aromatic nitrogens is 2. The normalized spacial score (nSPS) is 10.5. The molecule has 1 N–H and O–H groups in total. The molecule has 0 unspecified atom stereocenters. The quantitative estimate of drug-likeness (QED) is 0.812. The first-order valence-corrected chi connectivity index (χ1v) is 8.50. The fraction of sp³-hybridized carbons (Fsp3) is 0.353. The number of unbranched alkanes of at least 4 members (excludes halogenated alkanes) is 1. The summed E-state index contributed by atoms with van der Waals surface area (Å²) in [4.78, 5) is 23.2. The largest absolute Gasteiger partial charge is 0.344 e. The maximum absolute atomic E-state index is 12.5. The van der Waals surface area contributed by atoms with Crippen molar-refractivity contribution in [3.05, 3.63) is 45.7 Å². The van der Waals surface area contributed by atoms with Crippen molar-refractivity contribution in [3.63, 3.8) is 0 Å². The molecular weight excluding hydrogens is 347 g/mol. The van der Waals surface area contributed by atoms with Gasteiger partial charge in [-0.25, -0.2) is 9.97 Å². The summed E-state index contributed by atoms with van der Waals surface area (Å²) in [6.45, 7) is 4.79. The standard InChI is InChI=1S/C17H20Cl2N4O/c1-4-5-9-23(3)17-20-11(2)10-14(22-17)16(24)21-13-8-6-7-12(18)15(13)19/h6-8,10H,4-5,9H2,1-3H3,(H,21,24). The summed E-state index contributed by atoms with van der Waals surface area (Å²) in [6, 6.07) is 6.72. The van der Waals surface area contributed by atoms with Crippen LogP contribution < -0.4 is 10.2 Å². The van der Waals surface area contributed by atoms with Gasteiger partial charge in [0.05, 0.1) is 15.7 Å². The summed E-state index contributed by atoms with van der Waals surface area (Å²) in [5, 5.41) is 3.43. The molecule has 0 spiro atoms. The third kappa shape index (κ3) is 4.58. The number of carbonyl (C=O) groups is 1. The summed E-state index contributed by atoms with van der Waals surface area (Å²) in [6.07, 6.45) is 2.12. The first-order valence-electron chi connectivity index (χ1n) is 7.74. The smallest absolute Gasteiger partial charge is 0.274 e. The zero-order valence-electron chi connectivity index (χ0n) is 13.9. The van der Waals surface area contributed by atoms with Crippen LogP contribution in [0.25, 0.3) is 0 Å². The van der Waals surface area contributed by atoms with E-state index in [0.29, 0.717) is 21.7 Å². The Morgan fingerprint density at radius 3 is 2.75 bits per heavy atom. The molecule has 0 saturated heterocycles. The van der Waals surface area contributed by atoms with Crippen LogP contribution in [-0.2, 0) is 0 Å². The Balaban J connectivity index is 2.23. The number of nitrogens with one attached hydrogen (secondary N) is 1. The van der Waals surface area contributed by atoms with Crippen molar-refractivity contribution >= 4 is 40.7 Å². The molecule has 0 aliphatic carbocycles. The minimum atomic E-state index is -0.352. The lowest BCUT2D eigenvalue weighted by atomic mass is 10.2. The van der Waals surface area contributed by atoms with E-state index in [1.165, 1.54) is 0 Å². The molecule has 1 amide bonds. The molecule has 0 bridgehead atoms. The van der Waals surface area contributed by atoms with E-state index in [1.54, 1.807) is 24.3 Å². The van der Waals surface area contributed by atoms with Gasteiger partial charge in [-0.15, -0.1) is 0 Å². The summed E-state index contributed by atoms with van der Waals surface area (Å²) in [5.74, 6) is 0.181. The molecule has 0 atom stereocenters. The molecule has 0 radical (unpaired) electrons. The molecule has 2 aromatic rings. The molecule has 1 aromatic heterocycles. The van der Waals surface area contributed by atoms with Crippen LogP contribution in [0.4, 0.5) is 11.6 Å². The number of rotatable bonds is 6. The van der Waals surface area contributed by atoms with Crippen molar-refractivity contribution in [2.24, 2.45) is 0 Å². The van der Waals surface area contributed by atoms with Gasteiger partial charge in [-0.3, -0.25) is 4.79 Å². The van der Waals surface area contributed by atoms with E-state index in [9.17, 15) is 4.79 Å². The van der Waals surface area contributed by atoms with Gasteiger partial charge < -0.3 is 10.2 Å². The topological polar surface area (TPSA) is 58.1 Å². The number of amides is 1. The van der Waals surface area contributed by atoms with E-state index in [1.807, 2.05) is 18.9 Å². The van der Waals surface area contributed by atoms with Gasteiger partial charge in [-0.05, 0) is 31.5 Å². The number of hydrogen-bond donors (Lipinski definition) is 1. The second-order valence-electron chi connectivity index (χ2n) is 5.53. The van der Waals surface area contributed by atoms with E-state index in [-0.39, 0.29) is 11.6 Å². The number of benzene rings is 1. The highest BCUT2D eigenvalue weighted by atomic mass is 35.5. The number of halogens is 2. The molecule has 0 saturated carbocycles. The van der Waals surface area contributed by atoms with Crippen molar-refractivity contribution in [3.8, 4) is 0 Å². The zero-order valence-corrected chi connectivity index (χ0v) is 15.4. The lowest BCUT2D eigenvalue weighted by Gasteiger charge is -2.17. The Labute approximate surface area is 152 Å². The van der Waals surface area contributed by atoms with Crippen LogP contribution in [-0.4, -0.2) is 29.5 Å². The van der Waals surface area contributed by atoms with Crippen molar-refractivity contribution in [2.45, 2.75) is 26.7 Å². The predicted octanol–water partition coefficient (Wildman–Crippen LogP) is 4.58. The lowest BCUT2D eigenvalue weighted by Crippen LogP contribution is -2.23. The average Bonchev–Trinajstić information content (AvgIpc) is 2.56. The van der Waals surface area contributed by atoms with Crippen LogP contribution in [0.5, 0.6) is 0 Å². The molecule has 0 aliphatic heterocycles. The van der Waals surface area contributed by atoms with E-state index < -0.39 is 0 Å². The van der Waals surface area contributed by atoms with Crippen LogP contribution in [0.2, 0.25) is 10.0 Å². The van der Waals surface area contributed by atoms with E-state index in [0.717, 1.165) is 25.1 Å². The molecule has 0 aliphatic rings. The molecule has 0 fully saturated rings. The average molecular weight is 367 g/mol. The Morgan fingerprint density at radius 2 is 2.04 bits per heavy atom. The second-order valence-corrected chi connectivity index (χ2v) is 6.31. The van der Waals surface area contributed by atoms with Gasteiger partial charge in [0, 0.05) is 19.3 Å². The van der Waals surface area contributed by atoms with Crippen molar-refractivity contribution in [2.75, 3.05) is 23.8 Å². The van der Waals surface area contributed by atoms with Crippen molar-refractivity contribution in [1.29, 1.82) is 0 Å². The molecule has 128 valence electrons. The van der Waals surface area contributed by atoms with Gasteiger partial charge >= 0.3 is 0 Å². The highest BCUT2D eigenvalue weighted by Crippen LogP contribution is 2.29. The monoisotopic (exact) mass is 366 g/mol. The third-order valence-electron chi connectivity index (χ3n) is 3.46.